The number of aromatic nitrogens is 2. The van der Waals surface area contributed by atoms with Gasteiger partial charge in [0.2, 0.25) is 0 Å². The van der Waals surface area contributed by atoms with Gasteiger partial charge in [-0.05, 0) is 13.0 Å². The smallest absolute Gasteiger partial charge is 0.254 e. The first-order valence-corrected chi connectivity index (χ1v) is 5.57. The van der Waals surface area contributed by atoms with E-state index in [0.717, 1.165) is 38.3 Å². The van der Waals surface area contributed by atoms with E-state index >= 15 is 0 Å². The van der Waals surface area contributed by atoms with Crippen molar-refractivity contribution >= 4 is 5.57 Å². The molecule has 4 heteroatoms. The summed E-state index contributed by atoms with van der Waals surface area (Å²) in [7, 11) is 0. The summed E-state index contributed by atoms with van der Waals surface area (Å²) < 4.78 is 5.23. The standard InChI is InChI=1S/C11H17N3O/c1-3-10-12-11(15-13-10)9-6-5-7-14(4-2)8-9/h6H,3-5,7-8H2,1-2H3. The average molecular weight is 207 g/mol. The summed E-state index contributed by atoms with van der Waals surface area (Å²) in [6, 6.07) is 0. The minimum atomic E-state index is 0.699. The van der Waals surface area contributed by atoms with Gasteiger partial charge in [-0.2, -0.15) is 4.98 Å². The second-order valence-electron chi connectivity index (χ2n) is 3.76. The summed E-state index contributed by atoms with van der Waals surface area (Å²) in [4.78, 5) is 6.73. The molecule has 0 radical (unpaired) electrons. The Morgan fingerprint density at radius 3 is 3.00 bits per heavy atom. The lowest BCUT2D eigenvalue weighted by molar-refractivity contribution is 0.314. The van der Waals surface area contributed by atoms with Crippen LogP contribution in [0.25, 0.3) is 5.57 Å². The topological polar surface area (TPSA) is 42.2 Å². The molecule has 1 aliphatic heterocycles. The molecule has 4 nitrogen and oxygen atoms in total. The summed E-state index contributed by atoms with van der Waals surface area (Å²) in [5, 5.41) is 3.92. The van der Waals surface area contributed by atoms with Crippen LogP contribution >= 0.6 is 0 Å². The third-order valence-corrected chi connectivity index (χ3v) is 2.74. The maximum Gasteiger partial charge on any atom is 0.254 e. The Bertz CT molecular complexity index is 356. The van der Waals surface area contributed by atoms with Crippen molar-refractivity contribution in [3.8, 4) is 0 Å². The summed E-state index contributed by atoms with van der Waals surface area (Å²) in [6.07, 6.45) is 4.11. The SMILES string of the molecule is CCc1noc(C2=CCCN(CC)C2)n1. The zero-order chi connectivity index (χ0) is 10.7. The molecule has 0 aliphatic carbocycles. The molecule has 82 valence electrons. The molecule has 1 aliphatic rings. The number of likely N-dealkylation sites (N-methyl/N-ethyl adjacent to an activating group) is 1. The third kappa shape index (κ3) is 2.26. The van der Waals surface area contributed by atoms with Crippen molar-refractivity contribution in [3.63, 3.8) is 0 Å². The second-order valence-corrected chi connectivity index (χ2v) is 3.76. The van der Waals surface area contributed by atoms with Gasteiger partial charge in [0, 0.05) is 25.1 Å². The molecule has 0 aromatic carbocycles. The van der Waals surface area contributed by atoms with Gasteiger partial charge in [-0.3, -0.25) is 4.90 Å². The lowest BCUT2D eigenvalue weighted by Gasteiger charge is -2.23. The van der Waals surface area contributed by atoms with Crippen molar-refractivity contribution in [1.82, 2.24) is 15.0 Å². The van der Waals surface area contributed by atoms with Gasteiger partial charge in [0.1, 0.15) is 0 Å². The fraction of sp³-hybridized carbons (Fsp3) is 0.636. The van der Waals surface area contributed by atoms with E-state index in [-0.39, 0.29) is 0 Å². The molecule has 15 heavy (non-hydrogen) atoms. The molecule has 0 unspecified atom stereocenters. The van der Waals surface area contributed by atoms with Gasteiger partial charge in [0.05, 0.1) is 0 Å². The van der Waals surface area contributed by atoms with Crippen LogP contribution in [-0.2, 0) is 6.42 Å². The van der Waals surface area contributed by atoms with Crippen molar-refractivity contribution in [2.24, 2.45) is 0 Å². The number of rotatable bonds is 3. The van der Waals surface area contributed by atoms with Crippen LogP contribution in [0.3, 0.4) is 0 Å². The predicted octanol–water partition coefficient (Wildman–Crippen LogP) is 1.74. The third-order valence-electron chi connectivity index (χ3n) is 2.74. The van der Waals surface area contributed by atoms with Crippen LogP contribution in [0.2, 0.25) is 0 Å². The van der Waals surface area contributed by atoms with Crippen molar-refractivity contribution in [1.29, 1.82) is 0 Å². The van der Waals surface area contributed by atoms with E-state index in [1.165, 1.54) is 5.57 Å². The first-order valence-electron chi connectivity index (χ1n) is 5.57. The molecule has 0 fully saturated rings. The Hall–Kier alpha value is -1.16. The normalized spacial score (nSPS) is 17.9. The number of hydrogen-bond acceptors (Lipinski definition) is 4. The first kappa shape index (κ1) is 10.4. The molecule has 1 aromatic rings. The van der Waals surface area contributed by atoms with Crippen molar-refractivity contribution < 1.29 is 4.52 Å². The molecule has 0 spiro atoms. The maximum atomic E-state index is 5.23. The molecule has 2 rings (SSSR count). The molecule has 0 N–H and O–H groups in total. The quantitative estimate of drug-likeness (QED) is 0.757. The van der Waals surface area contributed by atoms with E-state index in [2.05, 4.69) is 28.0 Å². The van der Waals surface area contributed by atoms with E-state index in [9.17, 15) is 0 Å². The Labute approximate surface area is 90.0 Å². The predicted molar refractivity (Wildman–Crippen MR) is 58.4 cm³/mol. The Morgan fingerprint density at radius 1 is 1.47 bits per heavy atom. The van der Waals surface area contributed by atoms with Gasteiger partial charge in [0.15, 0.2) is 5.82 Å². The molecule has 0 atom stereocenters. The van der Waals surface area contributed by atoms with E-state index in [0.29, 0.717) is 5.89 Å². The average Bonchev–Trinajstić information content (AvgIpc) is 2.78. The minimum Gasteiger partial charge on any atom is -0.334 e. The van der Waals surface area contributed by atoms with E-state index in [4.69, 9.17) is 4.52 Å². The summed E-state index contributed by atoms with van der Waals surface area (Å²) in [6.45, 7) is 7.35. The van der Waals surface area contributed by atoms with Gasteiger partial charge < -0.3 is 4.52 Å². The van der Waals surface area contributed by atoms with Gasteiger partial charge >= 0.3 is 0 Å². The maximum absolute atomic E-state index is 5.23. The molecule has 0 saturated heterocycles. The summed E-state index contributed by atoms with van der Waals surface area (Å²) in [5.41, 5.74) is 1.18. The highest BCUT2D eigenvalue weighted by molar-refractivity contribution is 5.60. The molecule has 0 amide bonds. The molecular weight excluding hydrogens is 190 g/mol. The van der Waals surface area contributed by atoms with Crippen LogP contribution in [0.15, 0.2) is 10.6 Å². The first-order chi connectivity index (χ1) is 7.33. The van der Waals surface area contributed by atoms with E-state index in [1.54, 1.807) is 0 Å². The highest BCUT2D eigenvalue weighted by atomic mass is 16.5. The Balaban J connectivity index is 2.13. The van der Waals surface area contributed by atoms with Crippen molar-refractivity contribution in [2.45, 2.75) is 26.7 Å². The van der Waals surface area contributed by atoms with Crippen LogP contribution < -0.4 is 0 Å². The fourth-order valence-corrected chi connectivity index (χ4v) is 1.76. The lowest BCUT2D eigenvalue weighted by Crippen LogP contribution is -2.29. The van der Waals surface area contributed by atoms with Gasteiger partial charge in [-0.25, -0.2) is 0 Å². The summed E-state index contributed by atoms with van der Waals surface area (Å²) in [5.74, 6) is 1.49. The number of nitrogens with zero attached hydrogens (tertiary/aromatic N) is 3. The van der Waals surface area contributed by atoms with Crippen molar-refractivity contribution in [2.75, 3.05) is 19.6 Å². The fourth-order valence-electron chi connectivity index (χ4n) is 1.76. The molecule has 0 saturated carbocycles. The monoisotopic (exact) mass is 207 g/mol. The summed E-state index contributed by atoms with van der Waals surface area (Å²) >= 11 is 0. The van der Waals surface area contributed by atoms with Crippen LogP contribution in [-0.4, -0.2) is 34.7 Å². The van der Waals surface area contributed by atoms with Gasteiger partial charge in [0.25, 0.3) is 5.89 Å². The van der Waals surface area contributed by atoms with Crippen molar-refractivity contribution in [3.05, 3.63) is 17.8 Å². The van der Waals surface area contributed by atoms with E-state index < -0.39 is 0 Å². The molecular formula is C11H17N3O. The Kier molecular flexibility index (Phi) is 3.16. The number of aryl methyl sites for hydroxylation is 1. The zero-order valence-corrected chi connectivity index (χ0v) is 9.36. The second kappa shape index (κ2) is 4.57. The number of hydrogen-bond donors (Lipinski definition) is 0. The molecule has 2 heterocycles. The van der Waals surface area contributed by atoms with Crippen LogP contribution in [0.1, 0.15) is 32.0 Å². The largest absolute Gasteiger partial charge is 0.334 e. The van der Waals surface area contributed by atoms with E-state index in [1.807, 2.05) is 6.92 Å². The van der Waals surface area contributed by atoms with Crippen LogP contribution in [0, 0.1) is 0 Å². The van der Waals surface area contributed by atoms with Gasteiger partial charge in [-0.1, -0.05) is 25.1 Å². The van der Waals surface area contributed by atoms with Crippen LogP contribution in [0.4, 0.5) is 0 Å². The van der Waals surface area contributed by atoms with Crippen LogP contribution in [0.5, 0.6) is 0 Å². The van der Waals surface area contributed by atoms with Gasteiger partial charge in [-0.15, -0.1) is 0 Å². The highest BCUT2D eigenvalue weighted by Gasteiger charge is 2.16. The minimum absolute atomic E-state index is 0.699. The Morgan fingerprint density at radius 2 is 2.33 bits per heavy atom. The highest BCUT2D eigenvalue weighted by Crippen LogP contribution is 2.18. The molecule has 0 bridgehead atoms. The lowest BCUT2D eigenvalue weighted by atomic mass is 10.1. The molecule has 1 aromatic heterocycles. The zero-order valence-electron chi connectivity index (χ0n) is 9.36.